The third kappa shape index (κ3) is 4.60. The van der Waals surface area contributed by atoms with Gasteiger partial charge >= 0.3 is 5.63 Å². The number of fused-ring (bicyclic) bond motifs is 1. The first-order valence-electron chi connectivity index (χ1n) is 11.0. The lowest BCUT2D eigenvalue weighted by atomic mass is 9.99. The molecule has 0 saturated carbocycles. The van der Waals surface area contributed by atoms with Crippen molar-refractivity contribution in [3.8, 4) is 5.75 Å². The Kier molecular flexibility index (Phi) is 6.30. The summed E-state index contributed by atoms with van der Waals surface area (Å²) in [6.45, 7) is 8.70. The van der Waals surface area contributed by atoms with Gasteiger partial charge in [0.2, 0.25) is 0 Å². The summed E-state index contributed by atoms with van der Waals surface area (Å²) in [4.78, 5) is 15.5. The van der Waals surface area contributed by atoms with Gasteiger partial charge in [-0.25, -0.2) is 4.79 Å². The van der Waals surface area contributed by atoms with Crippen LogP contribution >= 0.6 is 0 Å². The number of quaternary nitrogens is 1. The number of nitrogens with one attached hydrogen (secondary N) is 1. The molecule has 164 valence electrons. The second-order valence-electron chi connectivity index (χ2n) is 8.42. The lowest BCUT2D eigenvalue weighted by molar-refractivity contribution is -0.907. The average Bonchev–Trinajstić information content (AvgIpc) is 2.77. The summed E-state index contributed by atoms with van der Waals surface area (Å²) >= 11 is 0. The van der Waals surface area contributed by atoms with E-state index in [-0.39, 0.29) is 11.4 Å². The molecule has 6 heteroatoms. The molecule has 3 aromatic rings. The predicted octanol–water partition coefficient (Wildman–Crippen LogP) is 2.42. The molecular formula is C25H31N2O4+. The van der Waals surface area contributed by atoms with Crippen molar-refractivity contribution in [1.29, 1.82) is 0 Å². The van der Waals surface area contributed by atoms with Gasteiger partial charge in [-0.3, -0.25) is 0 Å². The molecule has 1 saturated heterocycles. The number of aromatic hydroxyl groups is 1. The van der Waals surface area contributed by atoms with Crippen LogP contribution in [0.1, 0.15) is 29.2 Å². The second-order valence-corrected chi connectivity index (χ2v) is 8.42. The number of anilines is 1. The van der Waals surface area contributed by atoms with Gasteiger partial charge < -0.3 is 24.1 Å². The third-order valence-corrected chi connectivity index (χ3v) is 6.07. The summed E-state index contributed by atoms with van der Waals surface area (Å²) in [5, 5.41) is 11.8. The maximum absolute atomic E-state index is 12.0. The standard InChI is InChI=1S/C25H30N2O4/c1-4-19-14-21-17(2)13-23(28)31-25(21)22(24(19)29)16-26(3)15-18-5-7-20(8-6-18)27-9-11-30-12-10-27/h5-8,13-14,29H,4,9-12,15-16H2,1-3H3/p+1. The number of hydrogen-bond acceptors (Lipinski definition) is 5. The molecule has 0 bridgehead atoms. The van der Waals surface area contributed by atoms with Crippen molar-refractivity contribution in [3.63, 3.8) is 0 Å². The number of nitrogens with zero attached hydrogens (tertiary/aromatic N) is 1. The summed E-state index contributed by atoms with van der Waals surface area (Å²) in [5.74, 6) is 0.241. The minimum atomic E-state index is -0.383. The van der Waals surface area contributed by atoms with Gasteiger partial charge in [0.25, 0.3) is 0 Å². The summed E-state index contributed by atoms with van der Waals surface area (Å²) in [6, 6.07) is 12.1. The summed E-state index contributed by atoms with van der Waals surface area (Å²) in [7, 11) is 2.09. The number of hydrogen-bond donors (Lipinski definition) is 2. The van der Waals surface area contributed by atoms with Crippen LogP contribution in [0.3, 0.4) is 0 Å². The molecule has 1 aromatic heterocycles. The molecule has 0 radical (unpaired) electrons. The number of phenols is 1. The van der Waals surface area contributed by atoms with Gasteiger partial charge in [-0.2, -0.15) is 0 Å². The van der Waals surface area contributed by atoms with Gasteiger partial charge in [0.15, 0.2) is 5.58 Å². The Morgan fingerprint density at radius 1 is 1.10 bits per heavy atom. The topological polar surface area (TPSA) is 67.4 Å². The van der Waals surface area contributed by atoms with E-state index >= 15 is 0 Å². The van der Waals surface area contributed by atoms with Gasteiger partial charge in [-0.05, 0) is 42.7 Å². The van der Waals surface area contributed by atoms with Crippen LogP contribution in [0.15, 0.2) is 45.6 Å². The Morgan fingerprint density at radius 3 is 2.48 bits per heavy atom. The zero-order valence-corrected chi connectivity index (χ0v) is 18.5. The molecule has 4 rings (SSSR count). The van der Waals surface area contributed by atoms with Gasteiger partial charge in [0.05, 0.1) is 25.8 Å². The van der Waals surface area contributed by atoms with E-state index in [4.69, 9.17) is 9.15 Å². The number of phenolic OH excluding ortho intramolecular Hbond substituents is 1. The van der Waals surface area contributed by atoms with Gasteiger partial charge in [0.1, 0.15) is 18.8 Å². The van der Waals surface area contributed by atoms with Gasteiger partial charge in [-0.15, -0.1) is 0 Å². The average molecular weight is 424 g/mol. The summed E-state index contributed by atoms with van der Waals surface area (Å²) in [5.41, 5.74) is 5.02. The SMILES string of the molecule is CCc1cc2c(C)cc(=O)oc2c(C[NH+](C)Cc2ccc(N3CCOCC3)cc2)c1O. The Balaban J connectivity index is 1.56. The number of morpholine rings is 1. The Labute approximate surface area is 182 Å². The Bertz CT molecular complexity index is 1120. The summed E-state index contributed by atoms with van der Waals surface area (Å²) < 4.78 is 11.0. The maximum Gasteiger partial charge on any atom is 0.336 e. The van der Waals surface area contributed by atoms with Crippen molar-refractivity contribution in [3.05, 3.63) is 69.1 Å². The third-order valence-electron chi connectivity index (χ3n) is 6.07. The number of ether oxygens (including phenoxy) is 1. The summed E-state index contributed by atoms with van der Waals surface area (Å²) in [6.07, 6.45) is 0.718. The first kappa shape index (κ1) is 21.4. The van der Waals surface area contributed by atoms with E-state index in [0.717, 1.165) is 55.8 Å². The highest BCUT2D eigenvalue weighted by Crippen LogP contribution is 2.32. The fourth-order valence-corrected chi connectivity index (χ4v) is 4.36. The molecule has 1 aliphatic heterocycles. The molecule has 0 amide bonds. The minimum absolute atomic E-state index is 0.241. The lowest BCUT2D eigenvalue weighted by Gasteiger charge is -2.29. The molecule has 0 spiro atoms. The van der Waals surface area contributed by atoms with E-state index in [2.05, 4.69) is 36.2 Å². The molecule has 0 aliphatic carbocycles. The molecule has 2 heterocycles. The smallest absolute Gasteiger partial charge is 0.336 e. The van der Waals surface area contributed by atoms with Crippen LogP contribution in [-0.2, 0) is 24.2 Å². The van der Waals surface area contributed by atoms with Crippen molar-refractivity contribution in [1.82, 2.24) is 0 Å². The van der Waals surface area contributed by atoms with Crippen molar-refractivity contribution in [2.75, 3.05) is 38.3 Å². The van der Waals surface area contributed by atoms with E-state index in [1.807, 2.05) is 19.9 Å². The molecular weight excluding hydrogens is 392 g/mol. The van der Waals surface area contributed by atoms with Gasteiger partial charge in [-0.1, -0.05) is 19.1 Å². The highest BCUT2D eigenvalue weighted by Gasteiger charge is 2.20. The molecule has 1 aliphatic rings. The highest BCUT2D eigenvalue weighted by molar-refractivity contribution is 5.86. The molecule has 6 nitrogen and oxygen atoms in total. The molecule has 1 fully saturated rings. The van der Waals surface area contributed by atoms with E-state index < -0.39 is 0 Å². The molecule has 1 unspecified atom stereocenters. The highest BCUT2D eigenvalue weighted by atomic mass is 16.5. The van der Waals surface area contributed by atoms with E-state index in [9.17, 15) is 9.90 Å². The number of aryl methyl sites for hydroxylation is 2. The Morgan fingerprint density at radius 2 is 1.81 bits per heavy atom. The maximum atomic E-state index is 12.0. The van der Waals surface area contributed by atoms with Crippen LogP contribution < -0.4 is 15.4 Å². The van der Waals surface area contributed by atoms with Crippen molar-refractivity contribution in [2.45, 2.75) is 33.4 Å². The quantitative estimate of drug-likeness (QED) is 0.596. The van der Waals surface area contributed by atoms with Crippen LogP contribution in [0.25, 0.3) is 11.0 Å². The van der Waals surface area contributed by atoms with Crippen LogP contribution in [0.2, 0.25) is 0 Å². The first-order chi connectivity index (χ1) is 15.0. The van der Waals surface area contributed by atoms with Crippen molar-refractivity contribution < 1.29 is 19.2 Å². The van der Waals surface area contributed by atoms with Crippen LogP contribution in [0.5, 0.6) is 5.75 Å². The largest absolute Gasteiger partial charge is 0.507 e. The van der Waals surface area contributed by atoms with E-state index in [1.54, 1.807) is 0 Å². The van der Waals surface area contributed by atoms with E-state index in [0.29, 0.717) is 17.7 Å². The number of benzene rings is 2. The zero-order valence-electron chi connectivity index (χ0n) is 18.5. The fraction of sp³-hybridized carbons (Fsp3) is 0.400. The second kappa shape index (κ2) is 9.12. The monoisotopic (exact) mass is 423 g/mol. The minimum Gasteiger partial charge on any atom is -0.507 e. The van der Waals surface area contributed by atoms with Gasteiger partial charge in [0, 0.05) is 35.8 Å². The predicted molar refractivity (Wildman–Crippen MR) is 122 cm³/mol. The van der Waals surface area contributed by atoms with Crippen LogP contribution in [-0.4, -0.2) is 38.5 Å². The number of rotatable bonds is 6. The van der Waals surface area contributed by atoms with Crippen LogP contribution in [0, 0.1) is 6.92 Å². The lowest BCUT2D eigenvalue weighted by Crippen LogP contribution is -3.06. The Hall–Kier alpha value is -2.83. The molecule has 2 aromatic carbocycles. The normalized spacial score (nSPS) is 15.4. The molecule has 1 atom stereocenters. The van der Waals surface area contributed by atoms with Crippen molar-refractivity contribution >= 4 is 16.7 Å². The first-order valence-corrected chi connectivity index (χ1v) is 11.0. The molecule has 31 heavy (non-hydrogen) atoms. The fourth-order valence-electron chi connectivity index (χ4n) is 4.36. The van der Waals surface area contributed by atoms with Crippen LogP contribution in [0.4, 0.5) is 5.69 Å². The van der Waals surface area contributed by atoms with E-state index in [1.165, 1.54) is 22.2 Å². The molecule has 2 N–H and O–H groups in total. The zero-order chi connectivity index (χ0) is 22.0. The van der Waals surface area contributed by atoms with Crippen molar-refractivity contribution in [2.24, 2.45) is 0 Å².